The van der Waals surface area contributed by atoms with Crippen LogP contribution in [0.15, 0.2) is 64.0 Å². The summed E-state index contributed by atoms with van der Waals surface area (Å²) < 4.78 is 15.7. The molecule has 7 heteroatoms. The number of nitrogens with zero attached hydrogens (tertiary/aromatic N) is 2. The van der Waals surface area contributed by atoms with Crippen LogP contribution in [0.3, 0.4) is 0 Å². The van der Waals surface area contributed by atoms with Gasteiger partial charge in [-0.15, -0.1) is 0 Å². The Morgan fingerprint density at radius 3 is 2.25 bits per heavy atom. The van der Waals surface area contributed by atoms with Crippen LogP contribution in [0.4, 0.5) is 10.5 Å². The van der Waals surface area contributed by atoms with Crippen molar-refractivity contribution >= 4 is 11.7 Å². The molecule has 0 radical (unpaired) electrons. The molecule has 2 amide bonds. The average Bonchev–Trinajstić information content (AvgIpc) is 3.29. The van der Waals surface area contributed by atoms with Crippen LogP contribution < -0.4 is 10.1 Å². The summed E-state index contributed by atoms with van der Waals surface area (Å²) in [6, 6.07) is 10.3. The minimum atomic E-state index is -0.283. The zero-order valence-electron chi connectivity index (χ0n) is 13.1. The van der Waals surface area contributed by atoms with Gasteiger partial charge in [-0.2, -0.15) is 0 Å². The minimum absolute atomic E-state index is 0.283. The molecule has 7 nitrogen and oxygen atoms in total. The van der Waals surface area contributed by atoms with E-state index in [9.17, 15) is 4.79 Å². The molecule has 3 aromatic rings. The molecule has 0 saturated heterocycles. The number of pyridine rings is 1. The molecule has 3 aromatic heterocycles. The highest BCUT2D eigenvalue weighted by molar-refractivity contribution is 5.89. The molecular formula is C17H17N3O4. The molecule has 0 aliphatic carbocycles. The van der Waals surface area contributed by atoms with Crippen LogP contribution in [0.2, 0.25) is 0 Å². The quantitative estimate of drug-likeness (QED) is 0.749. The molecule has 0 fully saturated rings. The lowest BCUT2D eigenvalue weighted by atomic mass is 10.3. The van der Waals surface area contributed by atoms with Crippen molar-refractivity contribution in [2.45, 2.75) is 13.1 Å². The van der Waals surface area contributed by atoms with Crippen LogP contribution in [0.1, 0.15) is 11.5 Å². The van der Waals surface area contributed by atoms with E-state index in [1.54, 1.807) is 41.7 Å². The van der Waals surface area contributed by atoms with Crippen LogP contribution in [0.5, 0.6) is 5.88 Å². The van der Waals surface area contributed by atoms with Crippen molar-refractivity contribution in [3.8, 4) is 5.88 Å². The highest BCUT2D eigenvalue weighted by Gasteiger charge is 2.17. The molecule has 0 atom stereocenters. The number of urea groups is 1. The molecule has 0 saturated carbocycles. The highest BCUT2D eigenvalue weighted by Crippen LogP contribution is 2.15. The summed E-state index contributed by atoms with van der Waals surface area (Å²) in [7, 11) is 1.54. The van der Waals surface area contributed by atoms with E-state index in [1.165, 1.54) is 13.3 Å². The standard InChI is InChI=1S/C17H17N3O4/c1-22-16-7-6-13(10-18-16)19-17(21)20(11-14-4-2-8-23-14)12-15-5-3-9-24-15/h2-10H,11-12H2,1H3,(H,19,21). The Labute approximate surface area is 138 Å². The molecule has 1 N–H and O–H groups in total. The molecule has 0 aliphatic rings. The van der Waals surface area contributed by atoms with Gasteiger partial charge in [0.05, 0.1) is 44.6 Å². The number of aromatic nitrogens is 1. The number of amides is 2. The molecule has 24 heavy (non-hydrogen) atoms. The molecule has 3 rings (SSSR count). The Bertz CT molecular complexity index is 716. The van der Waals surface area contributed by atoms with Crippen molar-refractivity contribution in [1.82, 2.24) is 9.88 Å². The van der Waals surface area contributed by atoms with Crippen LogP contribution >= 0.6 is 0 Å². The summed E-state index contributed by atoms with van der Waals surface area (Å²) >= 11 is 0. The normalized spacial score (nSPS) is 10.4. The molecular weight excluding hydrogens is 310 g/mol. The minimum Gasteiger partial charge on any atom is -0.481 e. The zero-order chi connectivity index (χ0) is 16.8. The van der Waals surface area contributed by atoms with E-state index in [2.05, 4.69) is 10.3 Å². The van der Waals surface area contributed by atoms with Gasteiger partial charge in [-0.1, -0.05) is 0 Å². The number of hydrogen-bond acceptors (Lipinski definition) is 5. The zero-order valence-corrected chi connectivity index (χ0v) is 13.1. The first-order chi connectivity index (χ1) is 11.7. The van der Waals surface area contributed by atoms with E-state index >= 15 is 0 Å². The average molecular weight is 327 g/mol. The number of carbonyl (C=O) groups is 1. The summed E-state index contributed by atoms with van der Waals surface area (Å²) in [5, 5.41) is 2.80. The van der Waals surface area contributed by atoms with Crippen molar-refractivity contribution in [3.63, 3.8) is 0 Å². The number of methoxy groups -OCH3 is 1. The third kappa shape index (κ3) is 3.95. The Morgan fingerprint density at radius 1 is 1.12 bits per heavy atom. The summed E-state index contributed by atoms with van der Waals surface area (Å²) in [5.41, 5.74) is 0.574. The lowest BCUT2D eigenvalue weighted by Gasteiger charge is -2.21. The fourth-order valence-electron chi connectivity index (χ4n) is 2.16. The molecule has 0 aromatic carbocycles. The van der Waals surface area contributed by atoms with Gasteiger partial charge in [-0.3, -0.25) is 0 Å². The van der Waals surface area contributed by atoms with Gasteiger partial charge in [0.15, 0.2) is 0 Å². The van der Waals surface area contributed by atoms with Crippen LogP contribution in [-0.2, 0) is 13.1 Å². The second-order valence-electron chi connectivity index (χ2n) is 5.03. The predicted molar refractivity (Wildman–Crippen MR) is 86.5 cm³/mol. The molecule has 0 spiro atoms. The van der Waals surface area contributed by atoms with Gasteiger partial charge in [0.1, 0.15) is 11.5 Å². The van der Waals surface area contributed by atoms with E-state index in [0.29, 0.717) is 36.2 Å². The lowest BCUT2D eigenvalue weighted by molar-refractivity contribution is 0.195. The van der Waals surface area contributed by atoms with Crippen molar-refractivity contribution in [1.29, 1.82) is 0 Å². The Kier molecular flexibility index (Phi) is 4.81. The smallest absolute Gasteiger partial charge is 0.322 e. The Morgan fingerprint density at radius 2 is 1.79 bits per heavy atom. The van der Waals surface area contributed by atoms with Crippen LogP contribution in [0.25, 0.3) is 0 Å². The second kappa shape index (κ2) is 7.36. The van der Waals surface area contributed by atoms with Crippen LogP contribution in [0, 0.1) is 0 Å². The summed E-state index contributed by atoms with van der Waals surface area (Å²) in [6.07, 6.45) is 4.69. The third-order valence-corrected chi connectivity index (χ3v) is 3.34. The Balaban J connectivity index is 1.71. The van der Waals surface area contributed by atoms with Gasteiger partial charge in [0.2, 0.25) is 5.88 Å². The van der Waals surface area contributed by atoms with Gasteiger partial charge in [0, 0.05) is 6.07 Å². The first-order valence-electron chi connectivity index (χ1n) is 7.35. The van der Waals surface area contributed by atoms with Gasteiger partial charge < -0.3 is 23.8 Å². The van der Waals surface area contributed by atoms with Crippen molar-refractivity contribution in [3.05, 3.63) is 66.6 Å². The first-order valence-corrected chi connectivity index (χ1v) is 7.35. The summed E-state index contributed by atoms with van der Waals surface area (Å²) in [4.78, 5) is 18.2. The molecule has 3 heterocycles. The summed E-state index contributed by atoms with van der Waals surface area (Å²) in [5.74, 6) is 1.85. The summed E-state index contributed by atoms with van der Waals surface area (Å²) in [6.45, 7) is 0.645. The number of hydrogen-bond donors (Lipinski definition) is 1. The van der Waals surface area contributed by atoms with Gasteiger partial charge >= 0.3 is 6.03 Å². The fourth-order valence-corrected chi connectivity index (χ4v) is 2.16. The maximum atomic E-state index is 12.6. The van der Waals surface area contributed by atoms with Gasteiger partial charge in [-0.05, 0) is 30.3 Å². The SMILES string of the molecule is COc1ccc(NC(=O)N(Cc2ccco2)Cc2ccco2)cn1. The van der Waals surface area contributed by atoms with E-state index in [0.717, 1.165) is 0 Å². The van der Waals surface area contributed by atoms with E-state index in [1.807, 2.05) is 12.1 Å². The number of ether oxygens (including phenoxy) is 1. The van der Waals surface area contributed by atoms with Crippen molar-refractivity contribution < 1.29 is 18.4 Å². The van der Waals surface area contributed by atoms with Crippen molar-refractivity contribution in [2.75, 3.05) is 12.4 Å². The van der Waals surface area contributed by atoms with Gasteiger partial charge in [0.25, 0.3) is 0 Å². The molecule has 124 valence electrons. The fraction of sp³-hybridized carbons (Fsp3) is 0.176. The number of furan rings is 2. The van der Waals surface area contributed by atoms with E-state index in [4.69, 9.17) is 13.6 Å². The number of rotatable bonds is 6. The number of anilines is 1. The molecule has 0 aliphatic heterocycles. The number of nitrogens with one attached hydrogen (secondary N) is 1. The highest BCUT2D eigenvalue weighted by atomic mass is 16.5. The van der Waals surface area contributed by atoms with Crippen LogP contribution in [-0.4, -0.2) is 23.0 Å². The molecule has 0 unspecified atom stereocenters. The third-order valence-electron chi connectivity index (χ3n) is 3.34. The molecule has 0 bridgehead atoms. The largest absolute Gasteiger partial charge is 0.481 e. The number of carbonyl (C=O) groups excluding carboxylic acids is 1. The Hall–Kier alpha value is -3.22. The lowest BCUT2D eigenvalue weighted by Crippen LogP contribution is -2.33. The van der Waals surface area contributed by atoms with E-state index < -0.39 is 0 Å². The van der Waals surface area contributed by atoms with E-state index in [-0.39, 0.29) is 6.03 Å². The van der Waals surface area contributed by atoms with Crippen molar-refractivity contribution in [2.24, 2.45) is 0 Å². The maximum absolute atomic E-state index is 12.6. The maximum Gasteiger partial charge on any atom is 0.322 e. The monoisotopic (exact) mass is 327 g/mol. The topological polar surface area (TPSA) is 80.7 Å². The first kappa shape index (κ1) is 15.7. The van der Waals surface area contributed by atoms with Gasteiger partial charge in [-0.25, -0.2) is 9.78 Å². The second-order valence-corrected chi connectivity index (χ2v) is 5.03. The predicted octanol–water partition coefficient (Wildman–Crippen LogP) is 3.51.